The fourth-order valence-corrected chi connectivity index (χ4v) is 2.14. The van der Waals surface area contributed by atoms with E-state index < -0.39 is 0 Å². The maximum atomic E-state index is 3.59. The summed E-state index contributed by atoms with van der Waals surface area (Å²) in [6, 6.07) is 0.734. The summed E-state index contributed by atoms with van der Waals surface area (Å²) in [7, 11) is 0. The molecular formula is C12H26N2. The summed E-state index contributed by atoms with van der Waals surface area (Å²) >= 11 is 0. The summed E-state index contributed by atoms with van der Waals surface area (Å²) in [5, 5.41) is 7.16. The highest BCUT2D eigenvalue weighted by Gasteiger charge is 2.12. The van der Waals surface area contributed by atoms with Crippen molar-refractivity contribution < 1.29 is 0 Å². The van der Waals surface area contributed by atoms with Crippen molar-refractivity contribution in [2.45, 2.75) is 52.0 Å². The van der Waals surface area contributed by atoms with Crippen LogP contribution in [0.1, 0.15) is 46.0 Å². The van der Waals surface area contributed by atoms with Crippen molar-refractivity contribution >= 4 is 0 Å². The molecule has 0 aliphatic carbocycles. The van der Waals surface area contributed by atoms with E-state index in [4.69, 9.17) is 0 Å². The van der Waals surface area contributed by atoms with E-state index in [9.17, 15) is 0 Å². The first-order valence-electron chi connectivity index (χ1n) is 6.30. The van der Waals surface area contributed by atoms with Crippen LogP contribution in [0.3, 0.4) is 0 Å². The lowest BCUT2D eigenvalue weighted by Gasteiger charge is -2.24. The molecule has 0 amide bonds. The summed E-state index contributed by atoms with van der Waals surface area (Å²) in [5.74, 6) is 0.874. The second kappa shape index (κ2) is 7.24. The van der Waals surface area contributed by atoms with E-state index in [0.29, 0.717) is 0 Å². The summed E-state index contributed by atoms with van der Waals surface area (Å²) in [4.78, 5) is 0. The van der Waals surface area contributed by atoms with E-state index in [-0.39, 0.29) is 0 Å². The molecule has 0 spiro atoms. The first kappa shape index (κ1) is 12.0. The standard InChI is InChI=1S/C12H26N2/c1-3-11(4-2)9-13-10-12-7-5-6-8-14-12/h11-14H,3-10H2,1-2H3. The van der Waals surface area contributed by atoms with Gasteiger partial charge in [0.05, 0.1) is 0 Å². The Labute approximate surface area is 88.8 Å². The van der Waals surface area contributed by atoms with Gasteiger partial charge in [0.25, 0.3) is 0 Å². The summed E-state index contributed by atoms with van der Waals surface area (Å²) in [6.45, 7) is 8.16. The van der Waals surface area contributed by atoms with Gasteiger partial charge in [-0.05, 0) is 31.8 Å². The molecule has 2 heteroatoms. The SMILES string of the molecule is CCC(CC)CNCC1CCCCN1. The second-order valence-corrected chi connectivity index (χ2v) is 4.49. The number of hydrogen-bond acceptors (Lipinski definition) is 2. The Morgan fingerprint density at radius 2 is 2.07 bits per heavy atom. The predicted octanol–water partition coefficient (Wildman–Crippen LogP) is 2.15. The van der Waals surface area contributed by atoms with Crippen LogP contribution in [0.5, 0.6) is 0 Å². The van der Waals surface area contributed by atoms with Gasteiger partial charge >= 0.3 is 0 Å². The lowest BCUT2D eigenvalue weighted by atomic mass is 10.0. The third kappa shape index (κ3) is 4.43. The highest BCUT2D eigenvalue weighted by atomic mass is 15.0. The van der Waals surface area contributed by atoms with Crippen molar-refractivity contribution in [1.29, 1.82) is 0 Å². The van der Waals surface area contributed by atoms with Crippen LogP contribution in [0.25, 0.3) is 0 Å². The van der Waals surface area contributed by atoms with E-state index in [1.54, 1.807) is 0 Å². The zero-order chi connectivity index (χ0) is 10.2. The molecule has 1 aliphatic rings. The Hall–Kier alpha value is -0.0800. The van der Waals surface area contributed by atoms with E-state index in [1.807, 2.05) is 0 Å². The molecule has 0 radical (unpaired) electrons. The quantitative estimate of drug-likeness (QED) is 0.683. The van der Waals surface area contributed by atoms with Gasteiger partial charge in [-0.3, -0.25) is 0 Å². The molecule has 1 aliphatic heterocycles. The molecule has 0 aromatic rings. The van der Waals surface area contributed by atoms with E-state index >= 15 is 0 Å². The lowest BCUT2D eigenvalue weighted by molar-refractivity contribution is 0.364. The Bertz CT molecular complexity index is 126. The van der Waals surface area contributed by atoms with Crippen LogP contribution in [0.15, 0.2) is 0 Å². The van der Waals surface area contributed by atoms with Crippen molar-refractivity contribution in [3.05, 3.63) is 0 Å². The predicted molar refractivity (Wildman–Crippen MR) is 62.6 cm³/mol. The zero-order valence-corrected chi connectivity index (χ0v) is 9.81. The van der Waals surface area contributed by atoms with Gasteiger partial charge in [0, 0.05) is 12.6 Å². The van der Waals surface area contributed by atoms with Gasteiger partial charge < -0.3 is 10.6 Å². The topological polar surface area (TPSA) is 24.1 Å². The molecule has 1 fully saturated rings. The minimum Gasteiger partial charge on any atom is -0.315 e. The molecule has 0 aromatic carbocycles. The van der Waals surface area contributed by atoms with Crippen LogP contribution < -0.4 is 10.6 Å². The largest absolute Gasteiger partial charge is 0.315 e. The van der Waals surface area contributed by atoms with Crippen molar-refractivity contribution in [3.8, 4) is 0 Å². The summed E-state index contributed by atoms with van der Waals surface area (Å²) in [5.41, 5.74) is 0. The molecule has 84 valence electrons. The molecule has 2 N–H and O–H groups in total. The van der Waals surface area contributed by atoms with E-state index in [0.717, 1.165) is 18.5 Å². The average Bonchev–Trinajstić information content (AvgIpc) is 2.26. The average molecular weight is 198 g/mol. The van der Waals surface area contributed by atoms with Crippen LogP contribution in [-0.4, -0.2) is 25.7 Å². The first-order chi connectivity index (χ1) is 6.86. The molecule has 1 saturated heterocycles. The molecule has 1 unspecified atom stereocenters. The molecular weight excluding hydrogens is 172 g/mol. The second-order valence-electron chi connectivity index (χ2n) is 4.49. The highest BCUT2D eigenvalue weighted by Crippen LogP contribution is 2.07. The van der Waals surface area contributed by atoms with Crippen molar-refractivity contribution in [2.24, 2.45) is 5.92 Å². The fraction of sp³-hybridized carbons (Fsp3) is 1.00. The van der Waals surface area contributed by atoms with Crippen LogP contribution >= 0.6 is 0 Å². The van der Waals surface area contributed by atoms with Gasteiger partial charge in [0.2, 0.25) is 0 Å². The smallest absolute Gasteiger partial charge is 0.0192 e. The van der Waals surface area contributed by atoms with Gasteiger partial charge in [-0.2, -0.15) is 0 Å². The molecule has 1 rings (SSSR count). The number of piperidine rings is 1. The third-order valence-corrected chi connectivity index (χ3v) is 3.39. The molecule has 2 nitrogen and oxygen atoms in total. The summed E-state index contributed by atoms with van der Waals surface area (Å²) < 4.78 is 0. The molecule has 1 atom stereocenters. The van der Waals surface area contributed by atoms with E-state index in [1.165, 1.54) is 45.2 Å². The Balaban J connectivity index is 2.01. The fourth-order valence-electron chi connectivity index (χ4n) is 2.14. The maximum absolute atomic E-state index is 3.59. The van der Waals surface area contributed by atoms with Crippen LogP contribution in [0.4, 0.5) is 0 Å². The van der Waals surface area contributed by atoms with Crippen LogP contribution in [0.2, 0.25) is 0 Å². The van der Waals surface area contributed by atoms with Gasteiger partial charge in [-0.25, -0.2) is 0 Å². The number of rotatable bonds is 6. The molecule has 0 saturated carbocycles. The van der Waals surface area contributed by atoms with Crippen LogP contribution in [0, 0.1) is 5.92 Å². The number of nitrogens with one attached hydrogen (secondary N) is 2. The minimum absolute atomic E-state index is 0.734. The first-order valence-corrected chi connectivity index (χ1v) is 6.30. The van der Waals surface area contributed by atoms with Gasteiger partial charge in [-0.1, -0.05) is 33.1 Å². The van der Waals surface area contributed by atoms with E-state index in [2.05, 4.69) is 24.5 Å². The minimum atomic E-state index is 0.734. The van der Waals surface area contributed by atoms with Crippen molar-refractivity contribution in [2.75, 3.05) is 19.6 Å². The monoisotopic (exact) mass is 198 g/mol. The third-order valence-electron chi connectivity index (χ3n) is 3.39. The Morgan fingerprint density at radius 3 is 2.64 bits per heavy atom. The molecule has 0 aromatic heterocycles. The Kier molecular flexibility index (Phi) is 6.20. The van der Waals surface area contributed by atoms with Crippen molar-refractivity contribution in [1.82, 2.24) is 10.6 Å². The van der Waals surface area contributed by atoms with Gasteiger partial charge in [-0.15, -0.1) is 0 Å². The van der Waals surface area contributed by atoms with Gasteiger partial charge in [0.1, 0.15) is 0 Å². The normalized spacial score (nSPS) is 22.9. The molecule has 1 heterocycles. The zero-order valence-electron chi connectivity index (χ0n) is 9.81. The highest BCUT2D eigenvalue weighted by molar-refractivity contribution is 4.74. The van der Waals surface area contributed by atoms with Crippen molar-refractivity contribution in [3.63, 3.8) is 0 Å². The molecule has 14 heavy (non-hydrogen) atoms. The number of hydrogen-bond donors (Lipinski definition) is 2. The van der Waals surface area contributed by atoms with Gasteiger partial charge in [0.15, 0.2) is 0 Å². The Morgan fingerprint density at radius 1 is 1.29 bits per heavy atom. The molecule has 0 bridgehead atoms. The summed E-state index contributed by atoms with van der Waals surface area (Å²) in [6.07, 6.45) is 6.74. The van der Waals surface area contributed by atoms with Crippen LogP contribution in [-0.2, 0) is 0 Å². The lowest BCUT2D eigenvalue weighted by Crippen LogP contribution is -2.42. The maximum Gasteiger partial charge on any atom is 0.0192 e.